The first-order valence-electron chi connectivity index (χ1n) is 6.97. The second kappa shape index (κ2) is 8.86. The topological polar surface area (TPSA) is 54.4 Å². The molecule has 0 amide bonds. The van der Waals surface area contributed by atoms with Crippen LogP contribution in [-0.2, 0) is 9.59 Å². The highest BCUT2D eigenvalue weighted by atomic mass is 16.4. The van der Waals surface area contributed by atoms with Crippen LogP contribution in [0.5, 0.6) is 0 Å². The van der Waals surface area contributed by atoms with Gasteiger partial charge in [-0.1, -0.05) is 6.58 Å². The van der Waals surface area contributed by atoms with Crippen molar-refractivity contribution in [2.24, 2.45) is 0 Å². The minimum atomic E-state index is -0.719. The van der Waals surface area contributed by atoms with Gasteiger partial charge in [0, 0.05) is 12.8 Å². The zero-order chi connectivity index (χ0) is 14.9. The van der Waals surface area contributed by atoms with Gasteiger partial charge in [0.2, 0.25) is 0 Å². The molecule has 0 rings (SSSR count). The monoisotopic (exact) mass is 270 g/mol. The highest BCUT2D eigenvalue weighted by molar-refractivity contribution is 5.93. The normalized spacial score (nSPS) is 11.3. The maximum Gasteiger partial charge on any atom is 0.303 e. The van der Waals surface area contributed by atoms with Crippen LogP contribution in [0.25, 0.3) is 0 Å². The number of Topliss-reactive ketones (excluding diaryl/α,β-unsaturated/α-hetero) is 1. The largest absolute Gasteiger partial charge is 0.481 e. The number of carbonyl (C=O) groups is 2. The van der Waals surface area contributed by atoms with E-state index in [-0.39, 0.29) is 12.2 Å². The molecule has 0 unspecified atom stereocenters. The van der Waals surface area contributed by atoms with Crippen molar-refractivity contribution >= 4 is 11.8 Å². The zero-order valence-corrected chi connectivity index (χ0v) is 12.6. The Balaban J connectivity index is 3.69. The first-order chi connectivity index (χ1) is 8.74. The molecule has 110 valence electrons. The predicted octanol–water partition coefficient (Wildman–Crippen LogP) is 2.63. The van der Waals surface area contributed by atoms with Gasteiger partial charge in [0.1, 0.15) is 0 Å². The maximum absolute atomic E-state index is 11.4. The van der Waals surface area contributed by atoms with Gasteiger partial charge in [-0.3, -0.25) is 9.59 Å². The number of hydrogen-bond acceptors (Lipinski definition) is 2. The van der Waals surface area contributed by atoms with Gasteiger partial charge in [-0.25, -0.2) is 0 Å². The van der Waals surface area contributed by atoms with Crippen molar-refractivity contribution in [1.29, 1.82) is 0 Å². The Morgan fingerprint density at radius 1 is 1.00 bits per heavy atom. The van der Waals surface area contributed by atoms with Crippen LogP contribution >= 0.6 is 0 Å². The summed E-state index contributed by atoms with van der Waals surface area (Å²) in [4.78, 5) is 21.8. The van der Waals surface area contributed by atoms with Crippen LogP contribution in [0, 0.1) is 0 Å². The van der Waals surface area contributed by atoms with Gasteiger partial charge in [-0.05, 0) is 38.2 Å². The molecule has 0 aliphatic heterocycles. The van der Waals surface area contributed by atoms with Crippen molar-refractivity contribution in [2.45, 2.75) is 45.4 Å². The van der Waals surface area contributed by atoms with Crippen LogP contribution in [0.3, 0.4) is 0 Å². The Labute approximate surface area is 116 Å². The second-order valence-electron chi connectivity index (χ2n) is 5.89. The summed E-state index contributed by atoms with van der Waals surface area (Å²) in [6, 6.07) is 0. The van der Waals surface area contributed by atoms with E-state index < -0.39 is 5.97 Å². The summed E-state index contributed by atoms with van der Waals surface area (Å²) in [7, 11) is 4.31. The van der Waals surface area contributed by atoms with Gasteiger partial charge in [-0.2, -0.15) is 0 Å². The standard InChI is InChI=1S/C15H27NO3/c1-13(2)14(17)9-5-7-11-16(3,4)12-8-6-10-15(18)19/h1,5-12H2,2-4H3/p+1. The Morgan fingerprint density at radius 2 is 1.47 bits per heavy atom. The number of carboxylic acid groups (broad SMARTS) is 1. The molecule has 0 aliphatic rings. The number of nitrogens with zero attached hydrogens (tertiary/aromatic N) is 1. The minimum Gasteiger partial charge on any atom is -0.481 e. The summed E-state index contributed by atoms with van der Waals surface area (Å²) >= 11 is 0. The molecule has 0 fully saturated rings. The summed E-state index contributed by atoms with van der Waals surface area (Å²) in [5.41, 5.74) is 0.641. The predicted molar refractivity (Wildman–Crippen MR) is 77.0 cm³/mol. The number of rotatable bonds is 11. The van der Waals surface area contributed by atoms with E-state index in [1.165, 1.54) is 0 Å². The molecule has 0 aliphatic carbocycles. The number of ketones is 1. The van der Waals surface area contributed by atoms with Gasteiger partial charge >= 0.3 is 5.97 Å². The lowest BCUT2D eigenvalue weighted by Gasteiger charge is -2.29. The van der Waals surface area contributed by atoms with E-state index in [0.29, 0.717) is 12.0 Å². The van der Waals surface area contributed by atoms with Crippen LogP contribution < -0.4 is 0 Å². The third-order valence-electron chi connectivity index (χ3n) is 3.30. The van der Waals surface area contributed by atoms with Crippen molar-refractivity contribution in [3.05, 3.63) is 12.2 Å². The van der Waals surface area contributed by atoms with Crippen molar-refractivity contribution in [1.82, 2.24) is 0 Å². The molecule has 0 saturated heterocycles. The first kappa shape index (κ1) is 17.8. The molecule has 0 aromatic rings. The molecule has 0 radical (unpaired) electrons. The molecule has 0 aromatic heterocycles. The fraction of sp³-hybridized carbons (Fsp3) is 0.733. The molecule has 4 nitrogen and oxygen atoms in total. The van der Waals surface area contributed by atoms with Gasteiger partial charge in [0.25, 0.3) is 0 Å². The Bertz CT molecular complexity index is 321. The molecular formula is C15H28NO3+. The summed E-state index contributed by atoms with van der Waals surface area (Å²) in [6.07, 6.45) is 4.45. The number of allylic oxidation sites excluding steroid dienone is 1. The Hall–Kier alpha value is -1.16. The number of hydrogen-bond donors (Lipinski definition) is 1. The number of carbonyl (C=O) groups excluding carboxylic acids is 1. The molecule has 0 heterocycles. The lowest BCUT2D eigenvalue weighted by molar-refractivity contribution is -0.890. The van der Waals surface area contributed by atoms with Crippen LogP contribution in [0.1, 0.15) is 45.4 Å². The number of carboxylic acids is 1. The second-order valence-corrected chi connectivity index (χ2v) is 5.89. The number of unbranched alkanes of at least 4 members (excludes halogenated alkanes) is 2. The van der Waals surface area contributed by atoms with Crippen molar-refractivity contribution in [2.75, 3.05) is 27.2 Å². The highest BCUT2D eigenvalue weighted by Crippen LogP contribution is 2.09. The lowest BCUT2D eigenvalue weighted by Crippen LogP contribution is -2.41. The summed E-state index contributed by atoms with van der Waals surface area (Å²) in [5.74, 6) is -0.560. The average Bonchev–Trinajstić information content (AvgIpc) is 2.29. The summed E-state index contributed by atoms with van der Waals surface area (Å²) in [5, 5.41) is 8.57. The molecule has 0 atom stereocenters. The van der Waals surface area contributed by atoms with Gasteiger partial charge in [0.05, 0.1) is 27.2 Å². The van der Waals surface area contributed by atoms with Gasteiger partial charge in [0.15, 0.2) is 5.78 Å². The number of aliphatic carboxylic acids is 1. The van der Waals surface area contributed by atoms with Gasteiger partial charge in [-0.15, -0.1) is 0 Å². The van der Waals surface area contributed by atoms with Gasteiger partial charge < -0.3 is 9.59 Å². The number of quaternary nitrogens is 1. The Morgan fingerprint density at radius 3 is 1.89 bits per heavy atom. The fourth-order valence-corrected chi connectivity index (χ4v) is 1.97. The minimum absolute atomic E-state index is 0.159. The molecular weight excluding hydrogens is 242 g/mol. The van der Waals surface area contributed by atoms with Crippen LogP contribution in [-0.4, -0.2) is 48.5 Å². The smallest absolute Gasteiger partial charge is 0.303 e. The quantitative estimate of drug-likeness (QED) is 0.357. The van der Waals surface area contributed by atoms with E-state index >= 15 is 0 Å². The molecule has 0 saturated carbocycles. The third kappa shape index (κ3) is 10.4. The van der Waals surface area contributed by atoms with Crippen LogP contribution in [0.2, 0.25) is 0 Å². The van der Waals surface area contributed by atoms with Crippen molar-refractivity contribution in [3.8, 4) is 0 Å². The Kier molecular flexibility index (Phi) is 8.32. The fourth-order valence-electron chi connectivity index (χ4n) is 1.97. The third-order valence-corrected chi connectivity index (χ3v) is 3.30. The van der Waals surface area contributed by atoms with Crippen molar-refractivity contribution < 1.29 is 19.2 Å². The van der Waals surface area contributed by atoms with E-state index in [9.17, 15) is 9.59 Å². The SMILES string of the molecule is C=C(C)C(=O)CCCC[N+](C)(C)CCCCC(=O)O. The van der Waals surface area contributed by atoms with E-state index in [4.69, 9.17) is 5.11 Å². The van der Waals surface area contributed by atoms with Crippen molar-refractivity contribution in [3.63, 3.8) is 0 Å². The van der Waals surface area contributed by atoms with E-state index in [2.05, 4.69) is 20.7 Å². The average molecular weight is 270 g/mol. The van der Waals surface area contributed by atoms with E-state index in [0.717, 1.165) is 43.3 Å². The summed E-state index contributed by atoms with van der Waals surface area (Å²) in [6.45, 7) is 7.41. The van der Waals surface area contributed by atoms with Crippen LogP contribution in [0.4, 0.5) is 0 Å². The molecule has 0 aromatic carbocycles. The zero-order valence-electron chi connectivity index (χ0n) is 12.6. The molecule has 0 bridgehead atoms. The molecule has 0 spiro atoms. The molecule has 4 heteroatoms. The molecule has 1 N–H and O–H groups in total. The first-order valence-corrected chi connectivity index (χ1v) is 6.97. The van der Waals surface area contributed by atoms with Crippen LogP contribution in [0.15, 0.2) is 12.2 Å². The van der Waals surface area contributed by atoms with E-state index in [1.807, 2.05) is 0 Å². The highest BCUT2D eigenvalue weighted by Gasteiger charge is 2.14. The summed E-state index contributed by atoms with van der Waals surface area (Å²) < 4.78 is 0.890. The maximum atomic E-state index is 11.4. The van der Waals surface area contributed by atoms with E-state index in [1.54, 1.807) is 6.92 Å². The lowest BCUT2D eigenvalue weighted by atomic mass is 10.1. The molecule has 19 heavy (non-hydrogen) atoms.